The number of thioether (sulfide) groups is 1. The van der Waals surface area contributed by atoms with E-state index in [4.69, 9.17) is 10.7 Å². The minimum Gasteiger partial charge on any atom is -0.383 e. The molecule has 2 heterocycles. The molecule has 21 heavy (non-hydrogen) atoms. The summed E-state index contributed by atoms with van der Waals surface area (Å²) in [6, 6.07) is 10.4. The first-order chi connectivity index (χ1) is 10.2. The standard InChI is InChI=1S/C16H20N4S/c1-11-14(12-6-4-3-5-7-12)18-16(19-15(11)17)13-10-21-9-8-20(13)2/h3-7,13H,8-10H2,1-2H3,(H2,17,18,19). The number of nitrogen functional groups attached to an aromatic ring is 1. The van der Waals surface area contributed by atoms with Crippen molar-refractivity contribution in [3.05, 3.63) is 41.7 Å². The zero-order chi connectivity index (χ0) is 14.8. The SMILES string of the molecule is Cc1c(N)nc(C2CSCCN2C)nc1-c1ccccc1. The molecular weight excluding hydrogens is 280 g/mol. The lowest BCUT2D eigenvalue weighted by molar-refractivity contribution is 0.265. The summed E-state index contributed by atoms with van der Waals surface area (Å²) in [6.07, 6.45) is 0. The summed E-state index contributed by atoms with van der Waals surface area (Å²) >= 11 is 1.95. The Labute approximate surface area is 129 Å². The van der Waals surface area contributed by atoms with E-state index in [0.29, 0.717) is 5.82 Å². The van der Waals surface area contributed by atoms with Crippen LogP contribution in [0, 0.1) is 6.92 Å². The van der Waals surface area contributed by atoms with Crippen LogP contribution in [0.1, 0.15) is 17.4 Å². The van der Waals surface area contributed by atoms with Gasteiger partial charge in [0.25, 0.3) is 0 Å². The second kappa shape index (κ2) is 6.03. The summed E-state index contributed by atoms with van der Waals surface area (Å²) in [4.78, 5) is 11.7. The van der Waals surface area contributed by atoms with Gasteiger partial charge in [0.15, 0.2) is 0 Å². The smallest absolute Gasteiger partial charge is 0.149 e. The Balaban J connectivity index is 2.05. The maximum Gasteiger partial charge on any atom is 0.149 e. The minimum absolute atomic E-state index is 0.245. The first-order valence-electron chi connectivity index (χ1n) is 7.14. The number of hydrogen-bond donors (Lipinski definition) is 1. The van der Waals surface area contributed by atoms with Gasteiger partial charge in [0, 0.05) is 29.2 Å². The number of rotatable bonds is 2. The van der Waals surface area contributed by atoms with Crippen LogP contribution in [0.15, 0.2) is 30.3 Å². The predicted molar refractivity (Wildman–Crippen MR) is 89.3 cm³/mol. The number of hydrogen-bond acceptors (Lipinski definition) is 5. The van der Waals surface area contributed by atoms with Crippen LogP contribution in [0.2, 0.25) is 0 Å². The van der Waals surface area contributed by atoms with Crippen LogP contribution in [-0.2, 0) is 0 Å². The lowest BCUT2D eigenvalue weighted by Crippen LogP contribution is -2.34. The number of anilines is 1. The molecule has 1 saturated heterocycles. The normalized spacial score (nSPS) is 19.6. The molecule has 0 bridgehead atoms. The third kappa shape index (κ3) is 2.89. The molecular formula is C16H20N4S. The second-order valence-electron chi connectivity index (χ2n) is 5.38. The van der Waals surface area contributed by atoms with E-state index in [9.17, 15) is 0 Å². The van der Waals surface area contributed by atoms with Gasteiger partial charge in [-0.2, -0.15) is 11.8 Å². The molecule has 1 aromatic carbocycles. The van der Waals surface area contributed by atoms with Gasteiger partial charge in [-0.05, 0) is 14.0 Å². The summed E-state index contributed by atoms with van der Waals surface area (Å²) in [6.45, 7) is 3.05. The predicted octanol–water partition coefficient (Wildman–Crippen LogP) is 2.75. The fraction of sp³-hybridized carbons (Fsp3) is 0.375. The van der Waals surface area contributed by atoms with Crippen LogP contribution in [0.25, 0.3) is 11.3 Å². The molecule has 4 nitrogen and oxygen atoms in total. The average Bonchev–Trinajstić information content (AvgIpc) is 2.51. The van der Waals surface area contributed by atoms with Gasteiger partial charge in [0.1, 0.15) is 11.6 Å². The monoisotopic (exact) mass is 300 g/mol. The van der Waals surface area contributed by atoms with Gasteiger partial charge in [0.2, 0.25) is 0 Å². The highest BCUT2D eigenvalue weighted by molar-refractivity contribution is 7.99. The van der Waals surface area contributed by atoms with E-state index in [-0.39, 0.29) is 6.04 Å². The van der Waals surface area contributed by atoms with Gasteiger partial charge in [-0.15, -0.1) is 0 Å². The van der Waals surface area contributed by atoms with Crippen LogP contribution >= 0.6 is 11.8 Å². The molecule has 110 valence electrons. The summed E-state index contributed by atoms with van der Waals surface area (Å²) in [5.74, 6) is 3.61. The van der Waals surface area contributed by atoms with E-state index in [1.54, 1.807) is 0 Å². The molecule has 0 radical (unpaired) electrons. The van der Waals surface area contributed by atoms with E-state index < -0.39 is 0 Å². The molecule has 0 spiro atoms. The minimum atomic E-state index is 0.245. The van der Waals surface area contributed by atoms with E-state index in [2.05, 4.69) is 29.1 Å². The summed E-state index contributed by atoms with van der Waals surface area (Å²) < 4.78 is 0. The van der Waals surface area contributed by atoms with E-state index in [1.165, 1.54) is 5.75 Å². The maximum absolute atomic E-state index is 6.13. The number of benzene rings is 1. The van der Waals surface area contributed by atoms with Crippen molar-refractivity contribution in [3.8, 4) is 11.3 Å². The van der Waals surface area contributed by atoms with Crippen molar-refractivity contribution in [2.45, 2.75) is 13.0 Å². The largest absolute Gasteiger partial charge is 0.383 e. The topological polar surface area (TPSA) is 55.0 Å². The van der Waals surface area contributed by atoms with Gasteiger partial charge < -0.3 is 5.73 Å². The van der Waals surface area contributed by atoms with Crippen LogP contribution in [0.5, 0.6) is 0 Å². The number of nitrogens with two attached hydrogens (primary N) is 1. The van der Waals surface area contributed by atoms with Gasteiger partial charge in [0.05, 0.1) is 11.7 Å². The molecule has 1 aromatic heterocycles. The van der Waals surface area contributed by atoms with Crippen molar-refractivity contribution in [3.63, 3.8) is 0 Å². The zero-order valence-corrected chi connectivity index (χ0v) is 13.2. The molecule has 1 fully saturated rings. The van der Waals surface area contributed by atoms with Crippen molar-refractivity contribution in [2.24, 2.45) is 0 Å². The Hall–Kier alpha value is -1.59. The Bertz CT molecular complexity index is 630. The lowest BCUT2D eigenvalue weighted by Gasteiger charge is -2.31. The van der Waals surface area contributed by atoms with Gasteiger partial charge in [-0.1, -0.05) is 30.3 Å². The van der Waals surface area contributed by atoms with Crippen molar-refractivity contribution in [1.82, 2.24) is 14.9 Å². The zero-order valence-electron chi connectivity index (χ0n) is 12.4. The highest BCUT2D eigenvalue weighted by Crippen LogP contribution is 2.30. The first kappa shape index (κ1) is 14.4. The molecule has 3 rings (SSSR count). The molecule has 1 aliphatic heterocycles. The van der Waals surface area contributed by atoms with Crippen LogP contribution < -0.4 is 5.73 Å². The third-order valence-electron chi connectivity index (χ3n) is 3.94. The molecule has 0 saturated carbocycles. The van der Waals surface area contributed by atoms with Crippen LogP contribution in [-0.4, -0.2) is 40.0 Å². The highest BCUT2D eigenvalue weighted by atomic mass is 32.2. The Kier molecular flexibility index (Phi) is 4.12. The quantitative estimate of drug-likeness (QED) is 0.924. The van der Waals surface area contributed by atoms with E-state index >= 15 is 0 Å². The Morgan fingerprint density at radius 2 is 2.00 bits per heavy atom. The maximum atomic E-state index is 6.13. The molecule has 5 heteroatoms. The first-order valence-corrected chi connectivity index (χ1v) is 8.29. The Morgan fingerprint density at radius 3 is 2.71 bits per heavy atom. The van der Waals surface area contributed by atoms with Gasteiger partial charge >= 0.3 is 0 Å². The molecule has 2 aromatic rings. The van der Waals surface area contributed by atoms with Gasteiger partial charge in [-0.3, -0.25) is 4.90 Å². The van der Waals surface area contributed by atoms with Crippen molar-refractivity contribution in [1.29, 1.82) is 0 Å². The molecule has 0 amide bonds. The highest BCUT2D eigenvalue weighted by Gasteiger charge is 2.25. The van der Waals surface area contributed by atoms with E-state index in [1.807, 2.05) is 36.9 Å². The van der Waals surface area contributed by atoms with Crippen LogP contribution in [0.3, 0.4) is 0 Å². The number of aromatic nitrogens is 2. The molecule has 1 unspecified atom stereocenters. The van der Waals surface area contributed by atoms with E-state index in [0.717, 1.165) is 34.9 Å². The van der Waals surface area contributed by atoms with Crippen molar-refractivity contribution >= 4 is 17.6 Å². The molecule has 1 atom stereocenters. The summed E-state index contributed by atoms with van der Waals surface area (Å²) in [7, 11) is 2.13. The number of nitrogens with zero attached hydrogens (tertiary/aromatic N) is 3. The molecule has 2 N–H and O–H groups in total. The van der Waals surface area contributed by atoms with Crippen LogP contribution in [0.4, 0.5) is 5.82 Å². The third-order valence-corrected chi connectivity index (χ3v) is 4.96. The summed E-state index contributed by atoms with van der Waals surface area (Å²) in [5.41, 5.74) is 9.13. The molecule has 1 aliphatic rings. The second-order valence-corrected chi connectivity index (χ2v) is 6.53. The van der Waals surface area contributed by atoms with Crippen molar-refractivity contribution in [2.75, 3.05) is 30.8 Å². The van der Waals surface area contributed by atoms with Gasteiger partial charge in [-0.25, -0.2) is 9.97 Å². The molecule has 0 aliphatic carbocycles. The average molecular weight is 300 g/mol. The fourth-order valence-electron chi connectivity index (χ4n) is 2.54. The Morgan fingerprint density at radius 1 is 1.24 bits per heavy atom. The fourth-order valence-corrected chi connectivity index (χ4v) is 3.75. The lowest BCUT2D eigenvalue weighted by atomic mass is 10.1. The van der Waals surface area contributed by atoms with Crippen molar-refractivity contribution < 1.29 is 0 Å². The summed E-state index contributed by atoms with van der Waals surface area (Å²) in [5, 5.41) is 0.